The number of anilines is 1. The van der Waals surface area contributed by atoms with Gasteiger partial charge in [-0.2, -0.15) is 0 Å². The van der Waals surface area contributed by atoms with Crippen LogP contribution in [0.4, 0.5) is 5.82 Å². The van der Waals surface area contributed by atoms with Crippen molar-refractivity contribution in [3.8, 4) is 5.88 Å². The number of nitrogens with one attached hydrogen (secondary N) is 1. The first-order valence-corrected chi connectivity index (χ1v) is 7.27. The minimum atomic E-state index is -2.90. The van der Waals surface area contributed by atoms with E-state index in [1.807, 2.05) is 6.92 Å². The molecule has 1 N–H and O–H groups in total. The molecule has 0 unspecified atom stereocenters. The Hall–Kier alpha value is -1.37. The number of ether oxygens (including phenoxy) is 1. The molecule has 0 fully saturated rings. The number of sulfone groups is 1. The van der Waals surface area contributed by atoms with Crippen LogP contribution in [-0.4, -0.2) is 44.0 Å². The summed E-state index contributed by atoms with van der Waals surface area (Å²) < 4.78 is 26.9. The third-order valence-electron chi connectivity index (χ3n) is 2.22. The maximum absolute atomic E-state index is 10.9. The van der Waals surface area contributed by atoms with E-state index in [9.17, 15) is 8.42 Å². The van der Waals surface area contributed by atoms with E-state index in [0.29, 0.717) is 24.7 Å². The van der Waals surface area contributed by atoms with Gasteiger partial charge >= 0.3 is 0 Å². The Kier molecular flexibility index (Phi) is 4.68. The summed E-state index contributed by atoms with van der Waals surface area (Å²) in [5.41, 5.74) is 0.814. The molecule has 1 rings (SSSR count). The summed E-state index contributed by atoms with van der Waals surface area (Å²) in [6.07, 6.45) is 3.18. The first kappa shape index (κ1) is 13.7. The summed E-state index contributed by atoms with van der Waals surface area (Å²) >= 11 is 0. The van der Waals surface area contributed by atoms with Gasteiger partial charge in [-0.05, 0) is 13.3 Å². The highest BCUT2D eigenvalue weighted by Gasteiger charge is 2.07. The van der Waals surface area contributed by atoms with Gasteiger partial charge in [0.1, 0.15) is 22.0 Å². The fraction of sp³-hybridized carbons (Fsp3) is 0.600. The fourth-order valence-corrected chi connectivity index (χ4v) is 2.03. The van der Waals surface area contributed by atoms with Crippen molar-refractivity contribution in [2.24, 2.45) is 0 Å². The molecule has 0 aliphatic carbocycles. The summed E-state index contributed by atoms with van der Waals surface area (Å²) in [5, 5.41) is 3.06. The van der Waals surface area contributed by atoms with E-state index < -0.39 is 9.84 Å². The number of aromatic nitrogens is 2. The molecule has 0 bridgehead atoms. The Morgan fingerprint density at radius 3 is 2.71 bits per heavy atom. The maximum atomic E-state index is 10.9. The van der Waals surface area contributed by atoms with E-state index in [4.69, 9.17) is 4.74 Å². The Labute approximate surface area is 101 Å². The minimum Gasteiger partial charge on any atom is -0.481 e. The van der Waals surface area contributed by atoms with Gasteiger partial charge in [0.05, 0.1) is 18.4 Å². The lowest BCUT2D eigenvalue weighted by molar-refractivity contribution is 0.393. The summed E-state index contributed by atoms with van der Waals surface area (Å²) in [7, 11) is -1.35. The average Bonchev–Trinajstić information content (AvgIpc) is 2.25. The number of hydrogen-bond acceptors (Lipinski definition) is 6. The molecule has 1 heterocycles. The van der Waals surface area contributed by atoms with Crippen molar-refractivity contribution < 1.29 is 13.2 Å². The van der Waals surface area contributed by atoms with Crippen molar-refractivity contribution >= 4 is 15.7 Å². The summed E-state index contributed by atoms with van der Waals surface area (Å²) in [6.45, 7) is 2.39. The summed E-state index contributed by atoms with van der Waals surface area (Å²) in [5.74, 6) is 1.36. The number of hydrogen-bond donors (Lipinski definition) is 1. The van der Waals surface area contributed by atoms with Crippen LogP contribution in [0.1, 0.15) is 12.0 Å². The highest BCUT2D eigenvalue weighted by atomic mass is 32.2. The standard InChI is InChI=1S/C10H17N3O3S/c1-8-9(12-7-13-10(8)16-2)11-5-4-6-17(3,14)15/h7H,4-6H2,1-3H3,(H,11,12,13). The van der Waals surface area contributed by atoms with Crippen molar-refractivity contribution in [3.05, 3.63) is 11.9 Å². The van der Waals surface area contributed by atoms with E-state index in [-0.39, 0.29) is 5.75 Å². The Balaban J connectivity index is 2.52. The molecule has 6 nitrogen and oxygen atoms in total. The van der Waals surface area contributed by atoms with Gasteiger partial charge in [-0.25, -0.2) is 18.4 Å². The van der Waals surface area contributed by atoms with Gasteiger partial charge in [-0.3, -0.25) is 0 Å². The van der Waals surface area contributed by atoms with Crippen LogP contribution in [0.15, 0.2) is 6.33 Å². The van der Waals surface area contributed by atoms with Crippen molar-refractivity contribution in [2.45, 2.75) is 13.3 Å². The molecule has 0 saturated heterocycles. The van der Waals surface area contributed by atoms with E-state index in [2.05, 4.69) is 15.3 Å². The van der Waals surface area contributed by atoms with Crippen molar-refractivity contribution in [1.82, 2.24) is 9.97 Å². The molecule has 96 valence electrons. The molecular weight excluding hydrogens is 242 g/mol. The lowest BCUT2D eigenvalue weighted by Gasteiger charge is -2.09. The first-order valence-electron chi connectivity index (χ1n) is 5.21. The van der Waals surface area contributed by atoms with Crippen LogP contribution < -0.4 is 10.1 Å². The van der Waals surface area contributed by atoms with Crippen molar-refractivity contribution in [3.63, 3.8) is 0 Å². The Bertz CT molecular complexity index is 474. The molecule has 0 aliphatic heterocycles. The number of nitrogens with zero attached hydrogens (tertiary/aromatic N) is 2. The Morgan fingerprint density at radius 1 is 1.41 bits per heavy atom. The van der Waals surface area contributed by atoms with E-state index in [1.165, 1.54) is 12.6 Å². The number of rotatable bonds is 6. The van der Waals surface area contributed by atoms with Gasteiger partial charge < -0.3 is 10.1 Å². The van der Waals surface area contributed by atoms with Gasteiger partial charge in [-0.1, -0.05) is 0 Å². The third kappa shape index (κ3) is 4.56. The quantitative estimate of drug-likeness (QED) is 0.755. The second-order valence-electron chi connectivity index (χ2n) is 3.77. The Morgan fingerprint density at radius 2 is 2.12 bits per heavy atom. The van der Waals surface area contributed by atoms with Gasteiger partial charge in [0.15, 0.2) is 0 Å². The second-order valence-corrected chi connectivity index (χ2v) is 6.03. The second kappa shape index (κ2) is 5.81. The zero-order valence-electron chi connectivity index (χ0n) is 10.2. The molecule has 0 saturated carbocycles. The predicted molar refractivity (Wildman–Crippen MR) is 66.1 cm³/mol. The van der Waals surface area contributed by atoms with Crippen LogP contribution in [0.5, 0.6) is 5.88 Å². The molecule has 0 aliphatic rings. The van der Waals surface area contributed by atoms with Crippen LogP contribution in [-0.2, 0) is 9.84 Å². The van der Waals surface area contributed by atoms with Gasteiger partial charge in [0.2, 0.25) is 5.88 Å². The van der Waals surface area contributed by atoms with Crippen LogP contribution >= 0.6 is 0 Å². The van der Waals surface area contributed by atoms with Gasteiger partial charge in [-0.15, -0.1) is 0 Å². The molecule has 1 aromatic heterocycles. The first-order chi connectivity index (χ1) is 7.94. The zero-order valence-corrected chi connectivity index (χ0v) is 11.0. The predicted octanol–water partition coefficient (Wildman–Crippen LogP) is 0.640. The molecule has 0 radical (unpaired) electrons. The van der Waals surface area contributed by atoms with E-state index >= 15 is 0 Å². The van der Waals surface area contributed by atoms with Crippen molar-refractivity contribution in [2.75, 3.05) is 31.0 Å². The normalized spacial score (nSPS) is 11.2. The van der Waals surface area contributed by atoms with Crippen LogP contribution in [0.25, 0.3) is 0 Å². The molecule has 1 aromatic rings. The van der Waals surface area contributed by atoms with Crippen LogP contribution in [0, 0.1) is 6.92 Å². The lowest BCUT2D eigenvalue weighted by atomic mass is 10.3. The van der Waals surface area contributed by atoms with Crippen LogP contribution in [0.2, 0.25) is 0 Å². The largest absolute Gasteiger partial charge is 0.481 e. The fourth-order valence-electron chi connectivity index (χ4n) is 1.36. The SMILES string of the molecule is COc1ncnc(NCCCS(C)(=O)=O)c1C. The van der Waals surface area contributed by atoms with Crippen molar-refractivity contribution in [1.29, 1.82) is 0 Å². The molecule has 0 aromatic carbocycles. The highest BCUT2D eigenvalue weighted by molar-refractivity contribution is 7.90. The molecule has 0 spiro atoms. The summed E-state index contributed by atoms with van der Waals surface area (Å²) in [4.78, 5) is 8.02. The third-order valence-corrected chi connectivity index (χ3v) is 3.25. The topological polar surface area (TPSA) is 81.2 Å². The lowest BCUT2D eigenvalue weighted by Crippen LogP contribution is -2.11. The van der Waals surface area contributed by atoms with E-state index in [0.717, 1.165) is 5.56 Å². The molecule has 7 heteroatoms. The highest BCUT2D eigenvalue weighted by Crippen LogP contribution is 2.19. The summed E-state index contributed by atoms with van der Waals surface area (Å²) in [6, 6.07) is 0. The molecule has 0 atom stereocenters. The van der Waals surface area contributed by atoms with Gasteiger partial charge in [0.25, 0.3) is 0 Å². The molecule has 0 amide bonds. The number of methoxy groups -OCH3 is 1. The molecular formula is C10H17N3O3S. The smallest absolute Gasteiger partial charge is 0.221 e. The van der Waals surface area contributed by atoms with E-state index in [1.54, 1.807) is 7.11 Å². The monoisotopic (exact) mass is 259 g/mol. The average molecular weight is 259 g/mol. The van der Waals surface area contributed by atoms with Gasteiger partial charge in [0, 0.05) is 12.8 Å². The molecule has 17 heavy (non-hydrogen) atoms. The maximum Gasteiger partial charge on any atom is 0.221 e. The zero-order chi connectivity index (χ0) is 12.9. The minimum absolute atomic E-state index is 0.168. The van der Waals surface area contributed by atoms with Crippen LogP contribution in [0.3, 0.4) is 0 Å².